The van der Waals surface area contributed by atoms with Crippen molar-refractivity contribution in [3.8, 4) is 11.4 Å². The molecule has 4 aromatic rings. The van der Waals surface area contributed by atoms with Crippen molar-refractivity contribution in [2.45, 2.75) is 32.6 Å². The predicted molar refractivity (Wildman–Crippen MR) is 140 cm³/mol. The van der Waals surface area contributed by atoms with E-state index in [-0.39, 0.29) is 37.4 Å². The number of unbranched alkanes of at least 4 members (excludes halogenated alkanes) is 1. The van der Waals surface area contributed by atoms with Gasteiger partial charge in [0.25, 0.3) is 5.91 Å². The van der Waals surface area contributed by atoms with Gasteiger partial charge in [-0.25, -0.2) is 14.5 Å². The number of carbonyl (C=O) groups excluding carboxylic acids is 2. The van der Waals surface area contributed by atoms with Crippen molar-refractivity contribution in [2.24, 2.45) is 0 Å². The van der Waals surface area contributed by atoms with Gasteiger partial charge in [0.2, 0.25) is 11.7 Å². The van der Waals surface area contributed by atoms with Crippen LogP contribution in [0.4, 0.5) is 10.5 Å². The second-order valence-electron chi connectivity index (χ2n) is 9.12. The van der Waals surface area contributed by atoms with Gasteiger partial charge in [-0.2, -0.15) is 17.7 Å². The Hall–Kier alpha value is -4.30. The summed E-state index contributed by atoms with van der Waals surface area (Å²) >= 11 is 0. The van der Waals surface area contributed by atoms with Crippen LogP contribution in [0.3, 0.4) is 0 Å². The van der Waals surface area contributed by atoms with E-state index in [1.807, 2.05) is 42.8 Å². The summed E-state index contributed by atoms with van der Waals surface area (Å²) in [6.07, 6.45) is 3.75. The fraction of sp³-hybridized carbons (Fsp3) is 0.320. The van der Waals surface area contributed by atoms with Crippen LogP contribution in [-0.2, 0) is 14.9 Å². The quantitative estimate of drug-likeness (QED) is 0.297. The van der Waals surface area contributed by atoms with Gasteiger partial charge in [-0.1, -0.05) is 36.7 Å². The first-order valence-electron chi connectivity index (χ1n) is 12.4. The number of amides is 2. The van der Waals surface area contributed by atoms with E-state index in [0.29, 0.717) is 34.8 Å². The highest BCUT2D eigenvalue weighted by molar-refractivity contribution is 7.87. The van der Waals surface area contributed by atoms with E-state index < -0.39 is 16.3 Å². The maximum absolute atomic E-state index is 13.0. The average molecular weight is 554 g/mol. The standard InChI is InChI=1S/C25H27N7O6S/c1-3-4-11-37-25(34)30-39(35,36)31-14-18(15-31)24-28-22(29-38-24)17-9-8-16(2)19(12-17)27-23(33)20-13-26-21-7-5-6-10-32(20)21/h5-10,12-13,18H,3-4,11,14-15H2,1-2H3,(H,27,33)(H,30,34). The van der Waals surface area contributed by atoms with Gasteiger partial charge in [-0.05, 0) is 37.1 Å². The van der Waals surface area contributed by atoms with Crippen LogP contribution in [0.1, 0.15) is 47.6 Å². The Morgan fingerprint density at radius 1 is 1.21 bits per heavy atom. The predicted octanol–water partition coefficient (Wildman–Crippen LogP) is 3.12. The zero-order valence-corrected chi connectivity index (χ0v) is 22.1. The lowest BCUT2D eigenvalue weighted by atomic mass is 10.0. The molecule has 0 unspecified atom stereocenters. The Labute approximate surface area is 224 Å². The monoisotopic (exact) mass is 553 g/mol. The van der Waals surface area contributed by atoms with Gasteiger partial charge < -0.3 is 14.6 Å². The minimum absolute atomic E-state index is 0.0771. The van der Waals surface area contributed by atoms with Gasteiger partial charge in [-0.15, -0.1) is 0 Å². The molecular weight excluding hydrogens is 526 g/mol. The smallest absolute Gasteiger partial charge is 0.421 e. The van der Waals surface area contributed by atoms with Crippen molar-refractivity contribution in [1.29, 1.82) is 0 Å². The molecule has 0 saturated carbocycles. The van der Waals surface area contributed by atoms with Crippen molar-refractivity contribution in [2.75, 3.05) is 25.0 Å². The molecule has 1 saturated heterocycles. The van der Waals surface area contributed by atoms with Crippen LogP contribution in [-0.4, -0.2) is 63.9 Å². The molecule has 2 amide bonds. The van der Waals surface area contributed by atoms with Gasteiger partial charge in [0.05, 0.1) is 18.7 Å². The molecule has 2 N–H and O–H groups in total. The summed E-state index contributed by atoms with van der Waals surface area (Å²) in [5.41, 5.74) is 3.09. The molecule has 3 aromatic heterocycles. The number of nitrogens with one attached hydrogen (secondary N) is 2. The van der Waals surface area contributed by atoms with Gasteiger partial charge >= 0.3 is 16.3 Å². The summed E-state index contributed by atoms with van der Waals surface area (Å²) in [6, 6.07) is 10.9. The lowest BCUT2D eigenvalue weighted by Crippen LogP contribution is -2.54. The third-order valence-electron chi connectivity index (χ3n) is 6.32. The van der Waals surface area contributed by atoms with E-state index in [0.717, 1.165) is 16.3 Å². The van der Waals surface area contributed by atoms with E-state index in [2.05, 4.69) is 20.4 Å². The van der Waals surface area contributed by atoms with Crippen LogP contribution >= 0.6 is 0 Å². The van der Waals surface area contributed by atoms with Crippen molar-refractivity contribution in [3.05, 3.63) is 65.9 Å². The van der Waals surface area contributed by atoms with E-state index >= 15 is 0 Å². The molecule has 1 aliphatic heterocycles. The molecule has 4 heterocycles. The van der Waals surface area contributed by atoms with Crippen LogP contribution in [0, 0.1) is 6.92 Å². The van der Waals surface area contributed by atoms with Gasteiger partial charge in [0.15, 0.2) is 0 Å². The van der Waals surface area contributed by atoms with E-state index in [4.69, 9.17) is 9.26 Å². The zero-order chi connectivity index (χ0) is 27.6. The number of pyridine rings is 1. The number of hydrogen-bond donors (Lipinski definition) is 2. The number of fused-ring (bicyclic) bond motifs is 1. The van der Waals surface area contributed by atoms with Gasteiger partial charge in [0.1, 0.15) is 11.3 Å². The number of nitrogens with zero attached hydrogens (tertiary/aromatic N) is 5. The molecule has 0 radical (unpaired) electrons. The summed E-state index contributed by atoms with van der Waals surface area (Å²) in [5, 5.41) is 6.95. The highest BCUT2D eigenvalue weighted by atomic mass is 32.2. The van der Waals surface area contributed by atoms with E-state index in [9.17, 15) is 18.0 Å². The number of aryl methyl sites for hydroxylation is 1. The normalized spacial score (nSPS) is 14.2. The highest BCUT2D eigenvalue weighted by Gasteiger charge is 2.40. The Morgan fingerprint density at radius 2 is 2.03 bits per heavy atom. The van der Waals surface area contributed by atoms with Gasteiger partial charge in [-0.3, -0.25) is 9.20 Å². The summed E-state index contributed by atoms with van der Waals surface area (Å²) in [4.78, 5) is 33.4. The topological polar surface area (TPSA) is 161 Å². The number of carbonyl (C=O) groups is 2. The fourth-order valence-corrected chi connectivity index (χ4v) is 5.15. The SMILES string of the molecule is CCCCOC(=O)NS(=O)(=O)N1CC(c2nc(-c3ccc(C)c(NC(=O)c4cnc5ccccn45)c3)no2)C1. The zero-order valence-electron chi connectivity index (χ0n) is 21.3. The molecule has 204 valence electrons. The van der Waals surface area contributed by atoms with Gasteiger partial charge in [0, 0.05) is 30.5 Å². The Balaban J connectivity index is 1.23. The summed E-state index contributed by atoms with van der Waals surface area (Å²) < 4.78 is 39.7. The lowest BCUT2D eigenvalue weighted by molar-refractivity contribution is 0.102. The minimum Gasteiger partial charge on any atom is -0.449 e. The first-order valence-corrected chi connectivity index (χ1v) is 13.8. The Morgan fingerprint density at radius 3 is 2.82 bits per heavy atom. The number of rotatable bonds is 9. The highest BCUT2D eigenvalue weighted by Crippen LogP contribution is 2.30. The fourth-order valence-electron chi connectivity index (χ4n) is 4.00. The maximum atomic E-state index is 13.0. The third kappa shape index (κ3) is 5.61. The average Bonchev–Trinajstić information content (AvgIpc) is 3.52. The molecule has 1 fully saturated rings. The molecule has 39 heavy (non-hydrogen) atoms. The molecule has 0 atom stereocenters. The van der Waals surface area contributed by atoms with E-state index in [1.165, 1.54) is 6.20 Å². The molecule has 0 spiro atoms. The van der Waals surface area contributed by atoms with Crippen molar-refractivity contribution in [1.82, 2.24) is 28.6 Å². The van der Waals surface area contributed by atoms with Crippen LogP contribution in [0.15, 0.2) is 53.3 Å². The lowest BCUT2D eigenvalue weighted by Gasteiger charge is -2.35. The first kappa shape index (κ1) is 26.3. The molecule has 0 bridgehead atoms. The number of hydrogen-bond acceptors (Lipinski definition) is 9. The van der Waals surface area contributed by atoms with Crippen LogP contribution in [0.2, 0.25) is 0 Å². The second-order valence-corrected chi connectivity index (χ2v) is 10.8. The number of benzene rings is 1. The van der Waals surface area contributed by atoms with Crippen molar-refractivity contribution >= 4 is 33.5 Å². The number of anilines is 1. The molecule has 1 aliphatic rings. The number of ether oxygens (including phenoxy) is 1. The number of aromatic nitrogens is 4. The maximum Gasteiger partial charge on any atom is 0.421 e. The first-order chi connectivity index (χ1) is 18.7. The van der Waals surface area contributed by atoms with Crippen LogP contribution in [0.25, 0.3) is 17.0 Å². The summed E-state index contributed by atoms with van der Waals surface area (Å²) in [7, 11) is -4.03. The Kier molecular flexibility index (Phi) is 7.30. The Bertz CT molecular complexity index is 1620. The van der Waals surface area contributed by atoms with Crippen molar-refractivity contribution < 1.29 is 27.3 Å². The minimum atomic E-state index is -4.03. The third-order valence-corrected chi connectivity index (χ3v) is 7.72. The summed E-state index contributed by atoms with van der Waals surface area (Å²) in [5.74, 6) is -0.0619. The van der Waals surface area contributed by atoms with E-state index in [1.54, 1.807) is 22.7 Å². The van der Waals surface area contributed by atoms with Crippen LogP contribution < -0.4 is 10.0 Å². The molecule has 13 nitrogen and oxygen atoms in total. The number of imidazole rings is 1. The molecule has 14 heteroatoms. The summed E-state index contributed by atoms with van der Waals surface area (Å²) in [6.45, 7) is 4.10. The second kappa shape index (κ2) is 10.8. The van der Waals surface area contributed by atoms with Crippen LogP contribution in [0.5, 0.6) is 0 Å². The molecule has 1 aromatic carbocycles. The van der Waals surface area contributed by atoms with Crippen molar-refractivity contribution in [3.63, 3.8) is 0 Å². The molecule has 0 aliphatic carbocycles. The largest absolute Gasteiger partial charge is 0.449 e. The molecule has 5 rings (SSSR count). The molecular formula is C25H27N7O6S.